The SMILES string of the molecule is CCCc1cccc(NC(N)=O)c1CCC. The van der Waals surface area contributed by atoms with Gasteiger partial charge in [0.2, 0.25) is 0 Å². The lowest BCUT2D eigenvalue weighted by Crippen LogP contribution is -2.20. The number of nitrogens with one attached hydrogen (secondary N) is 1. The second-order valence-corrected chi connectivity index (χ2v) is 3.93. The van der Waals surface area contributed by atoms with Crippen molar-refractivity contribution < 1.29 is 4.79 Å². The third-order valence-electron chi connectivity index (χ3n) is 2.55. The molecule has 0 spiro atoms. The van der Waals surface area contributed by atoms with Crippen molar-refractivity contribution in [2.75, 3.05) is 5.32 Å². The van der Waals surface area contributed by atoms with Crippen LogP contribution in [0.2, 0.25) is 0 Å². The summed E-state index contributed by atoms with van der Waals surface area (Å²) in [6.45, 7) is 4.29. The smallest absolute Gasteiger partial charge is 0.316 e. The summed E-state index contributed by atoms with van der Waals surface area (Å²) >= 11 is 0. The maximum atomic E-state index is 10.9. The number of carbonyl (C=O) groups is 1. The van der Waals surface area contributed by atoms with Crippen molar-refractivity contribution >= 4 is 11.7 Å². The maximum absolute atomic E-state index is 10.9. The first-order valence-corrected chi connectivity index (χ1v) is 5.86. The van der Waals surface area contributed by atoms with Gasteiger partial charge in [0.1, 0.15) is 0 Å². The number of rotatable bonds is 5. The lowest BCUT2D eigenvalue weighted by atomic mass is 9.98. The van der Waals surface area contributed by atoms with Crippen LogP contribution in [0, 0.1) is 0 Å². The molecule has 0 heterocycles. The van der Waals surface area contributed by atoms with Gasteiger partial charge in [-0.25, -0.2) is 4.79 Å². The van der Waals surface area contributed by atoms with E-state index in [0.717, 1.165) is 31.4 Å². The minimum absolute atomic E-state index is 0.494. The molecule has 1 rings (SSSR count). The Bertz CT molecular complexity index is 361. The Labute approximate surface area is 97.0 Å². The lowest BCUT2D eigenvalue weighted by molar-refractivity contribution is 0.259. The number of primary amides is 1. The third-order valence-corrected chi connectivity index (χ3v) is 2.55. The van der Waals surface area contributed by atoms with Crippen LogP contribution in [0.5, 0.6) is 0 Å². The number of benzene rings is 1. The average Bonchev–Trinajstić information content (AvgIpc) is 2.22. The Hall–Kier alpha value is -1.51. The summed E-state index contributed by atoms with van der Waals surface area (Å²) in [5, 5.41) is 2.70. The summed E-state index contributed by atoms with van der Waals surface area (Å²) in [4.78, 5) is 10.9. The van der Waals surface area contributed by atoms with Gasteiger partial charge in [-0.15, -0.1) is 0 Å². The molecule has 0 unspecified atom stereocenters. The molecule has 3 N–H and O–H groups in total. The highest BCUT2D eigenvalue weighted by Gasteiger charge is 2.08. The zero-order chi connectivity index (χ0) is 12.0. The van der Waals surface area contributed by atoms with E-state index < -0.39 is 6.03 Å². The number of anilines is 1. The highest BCUT2D eigenvalue weighted by Crippen LogP contribution is 2.22. The second-order valence-electron chi connectivity index (χ2n) is 3.93. The molecule has 0 radical (unpaired) electrons. The molecule has 0 saturated heterocycles. The maximum Gasteiger partial charge on any atom is 0.316 e. The van der Waals surface area contributed by atoms with Crippen molar-refractivity contribution in [3.05, 3.63) is 29.3 Å². The molecular weight excluding hydrogens is 200 g/mol. The van der Waals surface area contributed by atoms with Gasteiger partial charge in [0.05, 0.1) is 0 Å². The van der Waals surface area contributed by atoms with Gasteiger partial charge < -0.3 is 11.1 Å². The zero-order valence-electron chi connectivity index (χ0n) is 10.0. The van der Waals surface area contributed by atoms with Crippen LogP contribution in [0.4, 0.5) is 10.5 Å². The minimum atomic E-state index is -0.494. The first kappa shape index (κ1) is 12.6. The minimum Gasteiger partial charge on any atom is -0.351 e. The fraction of sp³-hybridized carbons (Fsp3) is 0.462. The summed E-state index contributed by atoms with van der Waals surface area (Å²) in [7, 11) is 0. The van der Waals surface area contributed by atoms with Crippen molar-refractivity contribution in [1.82, 2.24) is 0 Å². The Morgan fingerprint density at radius 3 is 2.50 bits per heavy atom. The molecule has 0 aromatic heterocycles. The zero-order valence-corrected chi connectivity index (χ0v) is 10.0. The van der Waals surface area contributed by atoms with Gasteiger partial charge in [-0.1, -0.05) is 38.8 Å². The van der Waals surface area contributed by atoms with E-state index in [1.54, 1.807) is 0 Å². The molecule has 3 nitrogen and oxygen atoms in total. The van der Waals surface area contributed by atoms with Gasteiger partial charge in [-0.2, -0.15) is 0 Å². The van der Waals surface area contributed by atoms with Crippen molar-refractivity contribution in [1.29, 1.82) is 0 Å². The van der Waals surface area contributed by atoms with Gasteiger partial charge in [0.25, 0.3) is 0 Å². The van der Waals surface area contributed by atoms with Gasteiger partial charge in [0.15, 0.2) is 0 Å². The van der Waals surface area contributed by atoms with Crippen LogP contribution in [-0.4, -0.2) is 6.03 Å². The molecule has 0 atom stereocenters. The Morgan fingerprint density at radius 1 is 1.25 bits per heavy atom. The molecule has 0 aliphatic heterocycles. The highest BCUT2D eigenvalue weighted by atomic mass is 16.2. The van der Waals surface area contributed by atoms with E-state index in [1.165, 1.54) is 11.1 Å². The van der Waals surface area contributed by atoms with Crippen molar-refractivity contribution in [2.45, 2.75) is 39.5 Å². The van der Waals surface area contributed by atoms with Crippen LogP contribution >= 0.6 is 0 Å². The van der Waals surface area contributed by atoms with Crippen LogP contribution in [0.15, 0.2) is 18.2 Å². The van der Waals surface area contributed by atoms with Gasteiger partial charge in [-0.3, -0.25) is 0 Å². The summed E-state index contributed by atoms with van der Waals surface area (Å²) in [5.74, 6) is 0. The van der Waals surface area contributed by atoms with Gasteiger partial charge in [0, 0.05) is 5.69 Å². The van der Waals surface area contributed by atoms with E-state index in [2.05, 4.69) is 25.2 Å². The van der Waals surface area contributed by atoms with Crippen molar-refractivity contribution in [3.8, 4) is 0 Å². The van der Waals surface area contributed by atoms with Crippen LogP contribution in [0.25, 0.3) is 0 Å². The fourth-order valence-corrected chi connectivity index (χ4v) is 1.93. The number of amides is 2. The standard InChI is InChI=1S/C13H20N2O/c1-3-6-10-8-5-9-12(15-13(14)16)11(10)7-4-2/h5,8-9H,3-4,6-7H2,1-2H3,(H3,14,15,16). The number of aryl methyl sites for hydroxylation is 1. The van der Waals surface area contributed by atoms with Crippen LogP contribution in [0.3, 0.4) is 0 Å². The second kappa shape index (κ2) is 6.16. The average molecular weight is 220 g/mol. The molecule has 3 heteroatoms. The van der Waals surface area contributed by atoms with Crippen LogP contribution in [0.1, 0.15) is 37.8 Å². The van der Waals surface area contributed by atoms with Gasteiger partial charge in [-0.05, 0) is 30.0 Å². The number of nitrogens with two attached hydrogens (primary N) is 1. The van der Waals surface area contributed by atoms with E-state index in [0.29, 0.717) is 0 Å². The monoisotopic (exact) mass is 220 g/mol. The molecule has 0 fully saturated rings. The molecule has 0 saturated carbocycles. The van der Waals surface area contributed by atoms with E-state index in [9.17, 15) is 4.79 Å². The largest absolute Gasteiger partial charge is 0.351 e. The van der Waals surface area contributed by atoms with E-state index in [-0.39, 0.29) is 0 Å². The molecule has 88 valence electrons. The topological polar surface area (TPSA) is 55.1 Å². The Kier molecular flexibility index (Phi) is 4.83. The quantitative estimate of drug-likeness (QED) is 0.787. The van der Waals surface area contributed by atoms with Crippen molar-refractivity contribution in [2.24, 2.45) is 5.73 Å². The summed E-state index contributed by atoms with van der Waals surface area (Å²) in [5.41, 5.74) is 8.57. The third kappa shape index (κ3) is 3.26. The highest BCUT2D eigenvalue weighted by molar-refractivity contribution is 5.88. The van der Waals surface area contributed by atoms with E-state index >= 15 is 0 Å². The van der Waals surface area contributed by atoms with E-state index in [1.807, 2.05) is 12.1 Å². The molecule has 1 aromatic carbocycles. The number of carbonyl (C=O) groups excluding carboxylic acids is 1. The van der Waals surface area contributed by atoms with Crippen LogP contribution in [-0.2, 0) is 12.8 Å². The number of hydrogen-bond donors (Lipinski definition) is 2. The number of hydrogen-bond acceptors (Lipinski definition) is 1. The van der Waals surface area contributed by atoms with Crippen molar-refractivity contribution in [3.63, 3.8) is 0 Å². The summed E-state index contributed by atoms with van der Waals surface area (Å²) in [6.07, 6.45) is 4.19. The first-order valence-electron chi connectivity index (χ1n) is 5.86. The molecular formula is C13H20N2O. The molecule has 16 heavy (non-hydrogen) atoms. The Balaban J connectivity index is 3.04. The Morgan fingerprint density at radius 2 is 1.94 bits per heavy atom. The van der Waals surface area contributed by atoms with Gasteiger partial charge >= 0.3 is 6.03 Å². The van der Waals surface area contributed by atoms with Crippen LogP contribution < -0.4 is 11.1 Å². The first-order chi connectivity index (χ1) is 7.69. The number of urea groups is 1. The molecule has 1 aromatic rings. The predicted octanol–water partition coefficient (Wildman–Crippen LogP) is 3.08. The summed E-state index contributed by atoms with van der Waals surface area (Å²) < 4.78 is 0. The molecule has 0 bridgehead atoms. The lowest BCUT2D eigenvalue weighted by Gasteiger charge is -2.13. The molecule has 2 amide bonds. The predicted molar refractivity (Wildman–Crippen MR) is 67.6 cm³/mol. The fourth-order valence-electron chi connectivity index (χ4n) is 1.93. The molecule has 0 aliphatic carbocycles. The molecule has 0 aliphatic rings. The van der Waals surface area contributed by atoms with E-state index in [4.69, 9.17) is 5.73 Å². The summed E-state index contributed by atoms with van der Waals surface area (Å²) in [6, 6.07) is 5.51. The normalized spacial score (nSPS) is 10.1.